The number of nitrogens with zero attached hydrogens (tertiary/aromatic N) is 4. The number of hydrogen-bond acceptors (Lipinski definition) is 5. The van der Waals surface area contributed by atoms with Crippen molar-refractivity contribution in [1.29, 1.82) is 0 Å². The van der Waals surface area contributed by atoms with Gasteiger partial charge in [-0.05, 0) is 18.2 Å². The van der Waals surface area contributed by atoms with Gasteiger partial charge in [0.1, 0.15) is 11.1 Å². The number of hydrogen-bond donors (Lipinski definition) is 2. The number of rotatable bonds is 2. The molecule has 0 spiro atoms. The van der Waals surface area contributed by atoms with Gasteiger partial charge in [0.15, 0.2) is 0 Å². The lowest BCUT2D eigenvalue weighted by atomic mass is 10.2. The predicted octanol–water partition coefficient (Wildman–Crippen LogP) is 1.22. The lowest BCUT2D eigenvalue weighted by Crippen LogP contribution is -2.03. The monoisotopic (exact) mass is 256 g/mol. The first kappa shape index (κ1) is 11.1. The molecule has 0 fully saturated rings. The molecule has 19 heavy (non-hydrogen) atoms. The van der Waals surface area contributed by atoms with E-state index < -0.39 is 11.8 Å². The zero-order chi connectivity index (χ0) is 13.4. The molecule has 0 amide bonds. The summed E-state index contributed by atoms with van der Waals surface area (Å²) in [5.74, 6) is -1.78. The summed E-state index contributed by atoms with van der Waals surface area (Å²) in [6.45, 7) is 0. The molecule has 2 heterocycles. The van der Waals surface area contributed by atoms with E-state index in [0.717, 1.165) is 5.52 Å². The second kappa shape index (κ2) is 4.05. The Morgan fingerprint density at radius 2 is 2.05 bits per heavy atom. The average Bonchev–Trinajstić information content (AvgIpc) is 2.83. The Hall–Kier alpha value is -2.96. The van der Waals surface area contributed by atoms with E-state index >= 15 is 0 Å². The summed E-state index contributed by atoms with van der Waals surface area (Å²) < 4.78 is 1.47. The van der Waals surface area contributed by atoms with Crippen LogP contribution in [0.15, 0.2) is 36.5 Å². The van der Waals surface area contributed by atoms with Gasteiger partial charge in [0, 0.05) is 0 Å². The predicted molar refractivity (Wildman–Crippen MR) is 65.3 cm³/mol. The number of aromatic carboxylic acids is 1. The number of aromatic nitrogens is 4. The van der Waals surface area contributed by atoms with Crippen molar-refractivity contribution < 1.29 is 15.0 Å². The van der Waals surface area contributed by atoms with Gasteiger partial charge in [-0.3, -0.25) is 0 Å². The van der Waals surface area contributed by atoms with Crippen molar-refractivity contribution in [2.45, 2.75) is 0 Å². The molecule has 7 nitrogen and oxygen atoms in total. The maximum absolute atomic E-state index is 11.0. The van der Waals surface area contributed by atoms with Crippen molar-refractivity contribution in [1.82, 2.24) is 20.0 Å². The van der Waals surface area contributed by atoms with E-state index in [1.54, 1.807) is 6.07 Å². The van der Waals surface area contributed by atoms with E-state index in [1.807, 2.05) is 18.2 Å². The van der Waals surface area contributed by atoms with Crippen LogP contribution in [0.1, 0.15) is 10.4 Å². The van der Waals surface area contributed by atoms with Crippen molar-refractivity contribution in [2.75, 3.05) is 0 Å². The SMILES string of the molecule is O=C(O)c1cc(-n2nnc3ccccc32)cnc1O. The Labute approximate surface area is 106 Å². The lowest BCUT2D eigenvalue weighted by molar-refractivity contribution is 0.0693. The summed E-state index contributed by atoms with van der Waals surface area (Å²) in [5.41, 5.74) is 1.56. The summed E-state index contributed by atoms with van der Waals surface area (Å²) in [5, 5.41) is 26.2. The van der Waals surface area contributed by atoms with Crippen LogP contribution < -0.4 is 0 Å². The molecule has 2 aromatic heterocycles. The molecular formula is C12H8N4O3. The smallest absolute Gasteiger partial charge is 0.341 e. The van der Waals surface area contributed by atoms with E-state index in [2.05, 4.69) is 15.3 Å². The Morgan fingerprint density at radius 3 is 2.84 bits per heavy atom. The topological polar surface area (TPSA) is 101 Å². The molecule has 0 aliphatic carbocycles. The minimum atomic E-state index is -1.25. The van der Waals surface area contributed by atoms with Gasteiger partial charge in [-0.25, -0.2) is 14.5 Å². The Balaban J connectivity index is 2.22. The van der Waals surface area contributed by atoms with Gasteiger partial charge in [-0.15, -0.1) is 5.10 Å². The first-order valence-electron chi connectivity index (χ1n) is 5.40. The maximum Gasteiger partial charge on any atom is 0.341 e. The highest BCUT2D eigenvalue weighted by molar-refractivity contribution is 5.90. The van der Waals surface area contributed by atoms with E-state index in [4.69, 9.17) is 5.11 Å². The second-order valence-corrected chi connectivity index (χ2v) is 3.86. The number of carboxylic acid groups (broad SMARTS) is 1. The summed E-state index contributed by atoms with van der Waals surface area (Å²) in [6, 6.07) is 8.56. The van der Waals surface area contributed by atoms with Crippen LogP contribution in [0.4, 0.5) is 0 Å². The van der Waals surface area contributed by atoms with E-state index in [9.17, 15) is 9.90 Å². The van der Waals surface area contributed by atoms with Crippen LogP contribution >= 0.6 is 0 Å². The number of fused-ring (bicyclic) bond motifs is 1. The van der Waals surface area contributed by atoms with Crippen LogP contribution in [-0.4, -0.2) is 36.2 Å². The molecule has 2 N–H and O–H groups in total. The lowest BCUT2D eigenvalue weighted by Gasteiger charge is -2.04. The number of carbonyl (C=O) groups is 1. The fraction of sp³-hybridized carbons (Fsp3) is 0. The fourth-order valence-corrected chi connectivity index (χ4v) is 1.78. The van der Waals surface area contributed by atoms with Crippen LogP contribution in [-0.2, 0) is 0 Å². The fourth-order valence-electron chi connectivity index (χ4n) is 1.78. The molecule has 0 unspecified atom stereocenters. The Bertz CT molecular complexity index is 781. The van der Waals surface area contributed by atoms with Gasteiger partial charge in [-0.1, -0.05) is 17.3 Å². The molecule has 7 heteroatoms. The maximum atomic E-state index is 11.0. The van der Waals surface area contributed by atoms with Crippen molar-refractivity contribution in [3.05, 3.63) is 42.1 Å². The van der Waals surface area contributed by atoms with Crippen LogP contribution in [0.25, 0.3) is 16.7 Å². The third kappa shape index (κ3) is 1.77. The van der Waals surface area contributed by atoms with Crippen molar-refractivity contribution >= 4 is 17.0 Å². The normalized spacial score (nSPS) is 10.7. The second-order valence-electron chi connectivity index (χ2n) is 3.86. The summed E-state index contributed by atoms with van der Waals surface area (Å²) in [4.78, 5) is 14.6. The molecular weight excluding hydrogens is 248 g/mol. The summed E-state index contributed by atoms with van der Waals surface area (Å²) in [7, 11) is 0. The molecule has 0 aliphatic rings. The van der Waals surface area contributed by atoms with Crippen LogP contribution in [0.2, 0.25) is 0 Å². The highest BCUT2D eigenvalue weighted by atomic mass is 16.4. The number of aromatic hydroxyl groups is 1. The van der Waals surface area contributed by atoms with Gasteiger partial charge in [0.2, 0.25) is 5.88 Å². The molecule has 0 saturated carbocycles. The van der Waals surface area contributed by atoms with Gasteiger partial charge in [0.25, 0.3) is 0 Å². The number of benzene rings is 1. The quantitative estimate of drug-likeness (QED) is 0.714. The van der Waals surface area contributed by atoms with Crippen molar-refractivity contribution in [3.63, 3.8) is 0 Å². The Kier molecular flexibility index (Phi) is 2.38. The van der Waals surface area contributed by atoms with Gasteiger partial charge >= 0.3 is 5.97 Å². The average molecular weight is 256 g/mol. The van der Waals surface area contributed by atoms with Gasteiger partial charge in [-0.2, -0.15) is 0 Å². The van der Waals surface area contributed by atoms with E-state index in [0.29, 0.717) is 11.2 Å². The molecule has 1 aromatic carbocycles. The molecule has 3 rings (SSSR count). The van der Waals surface area contributed by atoms with Crippen molar-refractivity contribution in [2.24, 2.45) is 0 Å². The summed E-state index contributed by atoms with van der Waals surface area (Å²) in [6.07, 6.45) is 1.34. The number of para-hydroxylation sites is 1. The van der Waals surface area contributed by atoms with Gasteiger partial charge in [0.05, 0.1) is 17.4 Å². The molecule has 0 radical (unpaired) electrons. The zero-order valence-electron chi connectivity index (χ0n) is 9.56. The van der Waals surface area contributed by atoms with Crippen molar-refractivity contribution in [3.8, 4) is 11.6 Å². The molecule has 94 valence electrons. The minimum Gasteiger partial charge on any atom is -0.493 e. The molecule has 3 aromatic rings. The Morgan fingerprint density at radius 1 is 1.26 bits per heavy atom. The van der Waals surface area contributed by atoms with E-state index in [1.165, 1.54) is 16.9 Å². The van der Waals surface area contributed by atoms with Crippen LogP contribution in [0, 0.1) is 0 Å². The molecule has 0 aliphatic heterocycles. The molecule has 0 saturated heterocycles. The number of pyridine rings is 1. The zero-order valence-corrected chi connectivity index (χ0v) is 9.56. The largest absolute Gasteiger partial charge is 0.493 e. The minimum absolute atomic E-state index is 0.280. The first-order valence-corrected chi connectivity index (χ1v) is 5.40. The molecule has 0 atom stereocenters. The van der Waals surface area contributed by atoms with Gasteiger partial charge < -0.3 is 10.2 Å². The highest BCUT2D eigenvalue weighted by Crippen LogP contribution is 2.20. The third-order valence-corrected chi connectivity index (χ3v) is 2.68. The van der Waals surface area contributed by atoms with Crippen LogP contribution in [0.3, 0.4) is 0 Å². The molecule has 0 bridgehead atoms. The van der Waals surface area contributed by atoms with Crippen LogP contribution in [0.5, 0.6) is 5.88 Å². The third-order valence-electron chi connectivity index (χ3n) is 2.68. The number of carboxylic acids is 1. The first-order chi connectivity index (χ1) is 9.16. The standard InChI is InChI=1S/C12H8N4O3/c17-11-8(12(18)19)5-7(6-13-11)16-10-4-2-1-3-9(10)14-15-16/h1-6H,(H,13,17)(H,18,19). The highest BCUT2D eigenvalue weighted by Gasteiger charge is 2.14. The summed E-state index contributed by atoms with van der Waals surface area (Å²) >= 11 is 0. The van der Waals surface area contributed by atoms with E-state index in [-0.39, 0.29) is 5.56 Å².